The quantitative estimate of drug-likeness (QED) is 0.414. The topological polar surface area (TPSA) is 81.2 Å². The second-order valence-corrected chi connectivity index (χ2v) is 2.29. The molecule has 13 heavy (non-hydrogen) atoms. The van der Waals surface area contributed by atoms with Gasteiger partial charge < -0.3 is 15.2 Å². The lowest BCUT2D eigenvalue weighted by Crippen LogP contribution is -2.01. The number of nitro groups is 1. The van der Waals surface area contributed by atoms with Crippen LogP contribution in [-0.2, 0) is 6.54 Å². The highest BCUT2D eigenvalue weighted by Crippen LogP contribution is 2.06. The van der Waals surface area contributed by atoms with Crippen LogP contribution in [-0.4, -0.2) is 26.2 Å². The summed E-state index contributed by atoms with van der Waals surface area (Å²) in [7, 11) is 0. The first-order chi connectivity index (χ1) is 6.25. The van der Waals surface area contributed by atoms with Gasteiger partial charge in [-0.05, 0) is 4.92 Å². The van der Waals surface area contributed by atoms with Crippen molar-refractivity contribution in [1.82, 2.24) is 9.55 Å². The van der Waals surface area contributed by atoms with Crippen molar-refractivity contribution in [2.75, 3.05) is 6.61 Å². The summed E-state index contributed by atoms with van der Waals surface area (Å²) < 4.78 is 1.38. The van der Waals surface area contributed by atoms with Gasteiger partial charge in [-0.3, -0.25) is 0 Å². The van der Waals surface area contributed by atoms with Crippen LogP contribution in [0.3, 0.4) is 0 Å². The van der Waals surface area contributed by atoms with Crippen molar-refractivity contribution in [2.24, 2.45) is 0 Å². The molecule has 0 aliphatic rings. The molecule has 0 unspecified atom stereocenters. The number of rotatable bonds is 4. The van der Waals surface area contributed by atoms with E-state index in [0.717, 1.165) is 0 Å². The van der Waals surface area contributed by atoms with E-state index in [-0.39, 0.29) is 12.6 Å². The smallest absolute Gasteiger partial charge is 0.392 e. The van der Waals surface area contributed by atoms with Crippen LogP contribution in [0.5, 0.6) is 0 Å². The minimum atomic E-state index is -0.549. The molecule has 0 fully saturated rings. The third-order valence-electron chi connectivity index (χ3n) is 1.43. The van der Waals surface area contributed by atoms with Crippen LogP contribution >= 0.6 is 0 Å². The summed E-state index contributed by atoms with van der Waals surface area (Å²) in [6, 6.07) is 0. The highest BCUT2D eigenvalue weighted by Gasteiger charge is 2.11. The molecule has 1 heterocycles. The van der Waals surface area contributed by atoms with Crippen molar-refractivity contribution >= 4 is 5.95 Å². The summed E-state index contributed by atoms with van der Waals surface area (Å²) in [5, 5.41) is 18.8. The van der Waals surface area contributed by atoms with Crippen molar-refractivity contribution in [2.45, 2.75) is 6.54 Å². The Hall–Kier alpha value is -1.69. The maximum absolute atomic E-state index is 10.4. The van der Waals surface area contributed by atoms with Gasteiger partial charge in [0.2, 0.25) is 0 Å². The Morgan fingerprint density at radius 2 is 2.46 bits per heavy atom. The van der Waals surface area contributed by atoms with Crippen LogP contribution in [0.25, 0.3) is 0 Å². The minimum absolute atomic E-state index is 0.0670. The van der Waals surface area contributed by atoms with Crippen molar-refractivity contribution in [3.63, 3.8) is 0 Å². The second-order valence-electron chi connectivity index (χ2n) is 2.29. The van der Waals surface area contributed by atoms with Crippen molar-refractivity contribution in [3.05, 3.63) is 34.7 Å². The summed E-state index contributed by atoms with van der Waals surface area (Å²) in [6.45, 7) is 0.277. The summed E-state index contributed by atoms with van der Waals surface area (Å²) >= 11 is 0. The average molecular weight is 183 g/mol. The van der Waals surface area contributed by atoms with Gasteiger partial charge in [0.1, 0.15) is 12.4 Å². The van der Waals surface area contributed by atoms with E-state index in [2.05, 4.69) is 4.98 Å². The molecule has 0 aromatic carbocycles. The Balaban J connectivity index is 2.71. The lowest BCUT2D eigenvalue weighted by Gasteiger charge is -1.96. The molecule has 1 rings (SSSR count). The van der Waals surface area contributed by atoms with E-state index in [9.17, 15) is 10.1 Å². The van der Waals surface area contributed by atoms with Gasteiger partial charge in [-0.1, -0.05) is 17.1 Å². The number of hydrogen-bond acceptors (Lipinski definition) is 4. The number of aromatic nitrogens is 2. The third kappa shape index (κ3) is 2.38. The number of imidazole rings is 1. The van der Waals surface area contributed by atoms with Gasteiger partial charge in [0.05, 0.1) is 13.2 Å². The van der Waals surface area contributed by atoms with Crippen molar-refractivity contribution < 1.29 is 10.0 Å². The Labute approximate surface area is 74.3 Å². The maximum atomic E-state index is 10.4. The normalized spacial score (nSPS) is 10.8. The monoisotopic (exact) mass is 183 g/mol. The zero-order valence-corrected chi connectivity index (χ0v) is 6.83. The van der Waals surface area contributed by atoms with Gasteiger partial charge in [0.15, 0.2) is 0 Å². The molecule has 0 atom stereocenters. The molecule has 0 aliphatic heterocycles. The molecule has 1 N–H and O–H groups in total. The number of hydrogen-bond donors (Lipinski definition) is 1. The molecule has 0 saturated heterocycles. The van der Waals surface area contributed by atoms with Crippen LogP contribution < -0.4 is 0 Å². The van der Waals surface area contributed by atoms with Crippen LogP contribution in [0, 0.1) is 10.1 Å². The van der Waals surface area contributed by atoms with Crippen molar-refractivity contribution in [1.29, 1.82) is 0 Å². The summed E-state index contributed by atoms with van der Waals surface area (Å²) in [6.07, 6.45) is 6.03. The first kappa shape index (κ1) is 9.40. The molecule has 0 amide bonds. The maximum Gasteiger partial charge on any atom is 0.434 e. The average Bonchev–Trinajstić information content (AvgIpc) is 2.53. The third-order valence-corrected chi connectivity index (χ3v) is 1.43. The summed E-state index contributed by atoms with van der Waals surface area (Å²) in [5.74, 6) is -0.192. The SMILES string of the molecule is O=[N+]([O-])c1nccn1CC=CCO. The van der Waals surface area contributed by atoms with Crippen LogP contribution in [0.2, 0.25) is 0 Å². The second kappa shape index (κ2) is 4.36. The zero-order chi connectivity index (χ0) is 9.68. The number of nitrogens with zero attached hydrogens (tertiary/aromatic N) is 3. The number of aliphatic hydroxyl groups excluding tert-OH is 1. The van der Waals surface area contributed by atoms with Crippen molar-refractivity contribution in [3.8, 4) is 0 Å². The molecule has 0 aliphatic carbocycles. The van der Waals surface area contributed by atoms with E-state index in [1.807, 2.05) is 0 Å². The molecule has 70 valence electrons. The van der Waals surface area contributed by atoms with Gasteiger partial charge in [0.25, 0.3) is 0 Å². The van der Waals surface area contributed by atoms with E-state index < -0.39 is 4.92 Å². The summed E-state index contributed by atoms with van der Waals surface area (Å²) in [4.78, 5) is 13.4. The number of allylic oxidation sites excluding steroid dienone is 1. The van der Waals surface area contributed by atoms with Gasteiger partial charge in [-0.15, -0.1) is 0 Å². The standard InChI is InChI=1S/C7H9N3O3/c11-6-2-1-4-9-5-3-8-7(9)10(12)13/h1-3,5,11H,4,6H2. The first-order valence-electron chi connectivity index (χ1n) is 3.67. The molecule has 1 aromatic heterocycles. The van der Waals surface area contributed by atoms with E-state index >= 15 is 0 Å². The van der Waals surface area contributed by atoms with Crippen LogP contribution in [0.4, 0.5) is 5.95 Å². The van der Waals surface area contributed by atoms with Crippen LogP contribution in [0.1, 0.15) is 0 Å². The fraction of sp³-hybridized carbons (Fsp3) is 0.286. The van der Waals surface area contributed by atoms with Gasteiger partial charge in [-0.25, -0.2) is 4.57 Å². The molecule has 1 aromatic rings. The van der Waals surface area contributed by atoms with E-state index in [4.69, 9.17) is 5.11 Å². The highest BCUT2D eigenvalue weighted by atomic mass is 16.6. The zero-order valence-electron chi connectivity index (χ0n) is 6.83. The van der Waals surface area contributed by atoms with Crippen LogP contribution in [0.15, 0.2) is 24.5 Å². The molecule has 0 bridgehead atoms. The molecule has 0 saturated carbocycles. The molecule has 6 heteroatoms. The lowest BCUT2D eigenvalue weighted by atomic mass is 10.5. The lowest BCUT2D eigenvalue weighted by molar-refractivity contribution is -0.396. The first-order valence-corrected chi connectivity index (χ1v) is 3.67. The predicted molar refractivity (Wildman–Crippen MR) is 45.1 cm³/mol. The highest BCUT2D eigenvalue weighted by molar-refractivity contribution is 5.07. The molecular formula is C7H9N3O3. The Bertz CT molecular complexity index is 319. The summed E-state index contributed by atoms with van der Waals surface area (Å²) in [5.41, 5.74) is 0. The van der Waals surface area contributed by atoms with Gasteiger partial charge >= 0.3 is 5.95 Å². The Morgan fingerprint density at radius 1 is 1.69 bits per heavy atom. The van der Waals surface area contributed by atoms with E-state index in [0.29, 0.717) is 6.54 Å². The van der Waals surface area contributed by atoms with E-state index in [1.165, 1.54) is 23.0 Å². The molecule has 6 nitrogen and oxygen atoms in total. The van der Waals surface area contributed by atoms with E-state index in [1.54, 1.807) is 6.08 Å². The molecule has 0 spiro atoms. The largest absolute Gasteiger partial charge is 0.434 e. The van der Waals surface area contributed by atoms with Gasteiger partial charge in [0, 0.05) is 0 Å². The van der Waals surface area contributed by atoms with Gasteiger partial charge in [-0.2, -0.15) is 0 Å². The Morgan fingerprint density at radius 3 is 3.08 bits per heavy atom. The minimum Gasteiger partial charge on any atom is -0.392 e. The Kier molecular flexibility index (Phi) is 3.15. The fourth-order valence-corrected chi connectivity index (χ4v) is 0.878. The number of aliphatic hydroxyl groups is 1. The fourth-order valence-electron chi connectivity index (χ4n) is 0.878. The molecular weight excluding hydrogens is 174 g/mol. The molecule has 0 radical (unpaired) electrons. The predicted octanol–water partition coefficient (Wildman–Crippen LogP) is 0.340.